The zero-order valence-electron chi connectivity index (χ0n) is 10.7. The topological polar surface area (TPSA) is 57.7 Å². The predicted molar refractivity (Wildman–Crippen MR) is 71.3 cm³/mol. The Hall–Kier alpha value is -1.27. The minimum atomic E-state index is 0.716. The van der Waals surface area contributed by atoms with Gasteiger partial charge in [-0.3, -0.25) is 10.00 Å². The molecule has 0 amide bonds. The Kier molecular flexibility index (Phi) is 3.13. The standard InChI is InChI=1S/C12H17N5S/c1-8(2)5-17-4-3-9-10(6-17)18-12(15-9)11-13-7-14-16-11/h7-8H,3-6H2,1-2H3,(H,13,14,16). The SMILES string of the molecule is CC(C)CN1CCc2nc(-c3ncn[nH]3)sc2C1. The third kappa shape index (κ3) is 2.30. The summed E-state index contributed by atoms with van der Waals surface area (Å²) in [5.41, 5.74) is 1.24. The molecule has 0 unspecified atom stereocenters. The molecular formula is C12H17N5S. The Morgan fingerprint density at radius 3 is 3.11 bits per heavy atom. The van der Waals surface area contributed by atoms with Crippen LogP contribution < -0.4 is 0 Å². The summed E-state index contributed by atoms with van der Waals surface area (Å²) in [6.07, 6.45) is 2.58. The number of aromatic amines is 1. The van der Waals surface area contributed by atoms with Gasteiger partial charge in [-0.1, -0.05) is 13.8 Å². The third-order valence-electron chi connectivity index (χ3n) is 3.05. The van der Waals surface area contributed by atoms with Crippen molar-refractivity contribution < 1.29 is 0 Å². The first kappa shape index (κ1) is 11.8. The van der Waals surface area contributed by atoms with Crippen LogP contribution in [0.1, 0.15) is 24.4 Å². The van der Waals surface area contributed by atoms with E-state index in [-0.39, 0.29) is 0 Å². The smallest absolute Gasteiger partial charge is 0.184 e. The van der Waals surface area contributed by atoms with Gasteiger partial charge in [0.05, 0.1) is 5.69 Å². The second-order valence-electron chi connectivity index (χ2n) is 5.10. The Morgan fingerprint density at radius 2 is 2.39 bits per heavy atom. The molecule has 3 rings (SSSR count). The number of H-pyrrole nitrogens is 1. The molecule has 1 aliphatic rings. The molecule has 2 aromatic rings. The van der Waals surface area contributed by atoms with Crippen LogP contribution in [0.2, 0.25) is 0 Å². The van der Waals surface area contributed by atoms with E-state index >= 15 is 0 Å². The average Bonchev–Trinajstić information content (AvgIpc) is 2.95. The molecule has 0 radical (unpaired) electrons. The van der Waals surface area contributed by atoms with Crippen LogP contribution in [0.15, 0.2) is 6.33 Å². The lowest BCUT2D eigenvalue weighted by Gasteiger charge is -2.27. The van der Waals surface area contributed by atoms with Crippen molar-refractivity contribution in [3.63, 3.8) is 0 Å². The van der Waals surface area contributed by atoms with Crippen molar-refractivity contribution in [3.05, 3.63) is 16.9 Å². The van der Waals surface area contributed by atoms with E-state index in [0.29, 0.717) is 5.92 Å². The highest BCUT2D eigenvalue weighted by atomic mass is 32.1. The number of rotatable bonds is 3. The molecule has 0 spiro atoms. The zero-order chi connectivity index (χ0) is 12.5. The minimum Gasteiger partial charge on any atom is -0.298 e. The number of fused-ring (bicyclic) bond motifs is 1. The first-order chi connectivity index (χ1) is 8.72. The molecule has 0 saturated heterocycles. The van der Waals surface area contributed by atoms with E-state index in [0.717, 1.165) is 36.9 Å². The van der Waals surface area contributed by atoms with Gasteiger partial charge in [-0.25, -0.2) is 9.97 Å². The van der Waals surface area contributed by atoms with Crippen LogP contribution in [-0.2, 0) is 13.0 Å². The lowest BCUT2D eigenvalue weighted by atomic mass is 10.1. The monoisotopic (exact) mass is 263 g/mol. The van der Waals surface area contributed by atoms with Gasteiger partial charge in [0.25, 0.3) is 0 Å². The van der Waals surface area contributed by atoms with Gasteiger partial charge in [0, 0.05) is 30.9 Å². The van der Waals surface area contributed by atoms with Gasteiger partial charge >= 0.3 is 0 Å². The average molecular weight is 263 g/mol. The molecule has 6 heteroatoms. The molecule has 2 aromatic heterocycles. The molecule has 0 atom stereocenters. The predicted octanol–water partition coefficient (Wildman–Crippen LogP) is 1.94. The highest BCUT2D eigenvalue weighted by Gasteiger charge is 2.22. The number of thiazole rings is 1. The number of hydrogen-bond acceptors (Lipinski definition) is 5. The number of nitrogens with zero attached hydrogens (tertiary/aromatic N) is 4. The molecule has 18 heavy (non-hydrogen) atoms. The molecule has 0 saturated carbocycles. The maximum atomic E-state index is 4.66. The Bertz CT molecular complexity index is 517. The molecule has 0 bridgehead atoms. The van der Waals surface area contributed by atoms with Crippen LogP contribution in [0.5, 0.6) is 0 Å². The maximum absolute atomic E-state index is 4.66. The summed E-state index contributed by atoms with van der Waals surface area (Å²) < 4.78 is 0. The number of hydrogen-bond donors (Lipinski definition) is 1. The molecule has 5 nitrogen and oxygen atoms in total. The second kappa shape index (κ2) is 4.78. The fraction of sp³-hybridized carbons (Fsp3) is 0.583. The summed E-state index contributed by atoms with van der Waals surface area (Å²) in [7, 11) is 0. The molecule has 0 aliphatic carbocycles. The van der Waals surface area contributed by atoms with Crippen LogP contribution in [-0.4, -0.2) is 38.2 Å². The minimum absolute atomic E-state index is 0.716. The van der Waals surface area contributed by atoms with Gasteiger partial charge in [0.15, 0.2) is 10.8 Å². The van der Waals surface area contributed by atoms with Gasteiger partial charge in [0.2, 0.25) is 0 Å². The maximum Gasteiger partial charge on any atom is 0.184 e. The third-order valence-corrected chi connectivity index (χ3v) is 4.14. The largest absolute Gasteiger partial charge is 0.298 e. The molecule has 96 valence electrons. The quantitative estimate of drug-likeness (QED) is 0.919. The lowest BCUT2D eigenvalue weighted by molar-refractivity contribution is 0.228. The Morgan fingerprint density at radius 1 is 1.50 bits per heavy atom. The fourth-order valence-electron chi connectivity index (χ4n) is 2.33. The van der Waals surface area contributed by atoms with Gasteiger partial charge < -0.3 is 0 Å². The highest BCUT2D eigenvalue weighted by Crippen LogP contribution is 2.29. The second-order valence-corrected chi connectivity index (χ2v) is 6.19. The summed E-state index contributed by atoms with van der Waals surface area (Å²) in [5, 5.41) is 7.72. The van der Waals surface area contributed by atoms with Gasteiger partial charge in [-0.2, -0.15) is 5.10 Å². The first-order valence-electron chi connectivity index (χ1n) is 6.29. The van der Waals surface area contributed by atoms with Crippen molar-refractivity contribution >= 4 is 11.3 Å². The molecule has 1 aliphatic heterocycles. The number of aromatic nitrogens is 4. The Labute approximate surface area is 110 Å². The summed E-state index contributed by atoms with van der Waals surface area (Å²) >= 11 is 1.74. The zero-order valence-corrected chi connectivity index (χ0v) is 11.5. The molecule has 0 aromatic carbocycles. The van der Waals surface area contributed by atoms with Crippen molar-refractivity contribution in [2.24, 2.45) is 5.92 Å². The van der Waals surface area contributed by atoms with Crippen molar-refractivity contribution in [1.82, 2.24) is 25.1 Å². The normalized spacial score (nSPS) is 16.2. The molecule has 0 fully saturated rings. The van der Waals surface area contributed by atoms with E-state index < -0.39 is 0 Å². The fourth-order valence-corrected chi connectivity index (χ4v) is 3.43. The summed E-state index contributed by atoms with van der Waals surface area (Å²) in [4.78, 5) is 12.7. The summed E-state index contributed by atoms with van der Waals surface area (Å²) in [5.74, 6) is 1.50. The van der Waals surface area contributed by atoms with E-state index in [1.54, 1.807) is 11.3 Å². The first-order valence-corrected chi connectivity index (χ1v) is 7.10. The molecular weight excluding hydrogens is 246 g/mol. The van der Waals surface area contributed by atoms with E-state index in [1.807, 2.05) is 0 Å². The molecule has 3 heterocycles. The van der Waals surface area contributed by atoms with E-state index in [1.165, 1.54) is 16.9 Å². The van der Waals surface area contributed by atoms with Gasteiger partial charge in [-0.15, -0.1) is 11.3 Å². The van der Waals surface area contributed by atoms with Crippen molar-refractivity contribution in [2.45, 2.75) is 26.8 Å². The van der Waals surface area contributed by atoms with Crippen LogP contribution in [0.4, 0.5) is 0 Å². The van der Waals surface area contributed by atoms with Crippen molar-refractivity contribution in [1.29, 1.82) is 0 Å². The van der Waals surface area contributed by atoms with Crippen molar-refractivity contribution in [3.8, 4) is 10.8 Å². The van der Waals surface area contributed by atoms with Gasteiger partial charge in [0.1, 0.15) is 6.33 Å². The van der Waals surface area contributed by atoms with Crippen LogP contribution >= 0.6 is 11.3 Å². The summed E-state index contributed by atoms with van der Waals surface area (Å²) in [6, 6.07) is 0. The lowest BCUT2D eigenvalue weighted by Crippen LogP contribution is -2.32. The highest BCUT2D eigenvalue weighted by molar-refractivity contribution is 7.15. The van der Waals surface area contributed by atoms with Gasteiger partial charge in [-0.05, 0) is 5.92 Å². The van der Waals surface area contributed by atoms with E-state index in [2.05, 4.69) is 38.9 Å². The van der Waals surface area contributed by atoms with E-state index in [9.17, 15) is 0 Å². The van der Waals surface area contributed by atoms with Crippen molar-refractivity contribution in [2.75, 3.05) is 13.1 Å². The van der Waals surface area contributed by atoms with Crippen LogP contribution in [0, 0.1) is 5.92 Å². The van der Waals surface area contributed by atoms with Crippen LogP contribution in [0.3, 0.4) is 0 Å². The Balaban J connectivity index is 1.80. The van der Waals surface area contributed by atoms with E-state index in [4.69, 9.17) is 0 Å². The molecule has 1 N–H and O–H groups in total. The summed E-state index contributed by atoms with van der Waals surface area (Å²) in [6.45, 7) is 7.84. The van der Waals surface area contributed by atoms with Crippen LogP contribution in [0.25, 0.3) is 10.8 Å². The number of nitrogens with one attached hydrogen (secondary N) is 1.